The van der Waals surface area contributed by atoms with Gasteiger partial charge in [0.15, 0.2) is 0 Å². The molecule has 2 heterocycles. The molecule has 1 saturated heterocycles. The lowest BCUT2D eigenvalue weighted by atomic mass is 9.81. The van der Waals surface area contributed by atoms with Crippen LogP contribution in [0.3, 0.4) is 0 Å². The molecular weight excluding hydrogens is 219 g/mol. The third-order valence-corrected chi connectivity index (χ3v) is 3.81. The van der Waals surface area contributed by atoms with Crippen LogP contribution in [0.25, 0.3) is 0 Å². The first-order chi connectivity index (χ1) is 8.19. The lowest BCUT2D eigenvalue weighted by Gasteiger charge is -2.43. The number of nitrogens with one attached hydrogen (secondary N) is 1. The summed E-state index contributed by atoms with van der Waals surface area (Å²) in [6.45, 7) is 1.88. The van der Waals surface area contributed by atoms with Gasteiger partial charge in [-0.2, -0.15) is 0 Å². The molecule has 0 aromatic heterocycles. The summed E-state index contributed by atoms with van der Waals surface area (Å²) in [5.41, 5.74) is 6.92. The number of hydrogen-bond acceptors (Lipinski definition) is 3. The Balaban J connectivity index is 1.95. The number of hydrogen-bond donors (Lipinski definition) is 2. The van der Waals surface area contributed by atoms with E-state index in [4.69, 9.17) is 10.5 Å². The zero-order valence-corrected chi connectivity index (χ0v) is 9.71. The van der Waals surface area contributed by atoms with E-state index in [2.05, 4.69) is 5.32 Å². The number of fused-ring (bicyclic) bond motifs is 1. The predicted molar refractivity (Wildman–Crippen MR) is 63.4 cm³/mol. The smallest absolute Gasteiger partial charge is 0.127 e. The van der Waals surface area contributed by atoms with Gasteiger partial charge in [0, 0.05) is 24.1 Å². The van der Waals surface area contributed by atoms with Gasteiger partial charge in [0.05, 0.1) is 0 Å². The van der Waals surface area contributed by atoms with Crippen molar-refractivity contribution in [3.63, 3.8) is 0 Å². The molecule has 0 bridgehead atoms. The summed E-state index contributed by atoms with van der Waals surface area (Å²) in [7, 11) is 0. The topological polar surface area (TPSA) is 47.3 Å². The first-order valence-corrected chi connectivity index (χ1v) is 6.13. The summed E-state index contributed by atoms with van der Waals surface area (Å²) in [6.07, 6.45) is 2.71. The van der Waals surface area contributed by atoms with Crippen LogP contribution in [0.1, 0.15) is 30.9 Å². The van der Waals surface area contributed by atoms with Crippen molar-refractivity contribution in [3.8, 4) is 5.75 Å². The van der Waals surface area contributed by atoms with Gasteiger partial charge in [0.25, 0.3) is 0 Å². The maximum atomic E-state index is 13.2. The van der Waals surface area contributed by atoms with Gasteiger partial charge in [-0.25, -0.2) is 4.39 Å². The Morgan fingerprint density at radius 1 is 1.35 bits per heavy atom. The van der Waals surface area contributed by atoms with Gasteiger partial charge < -0.3 is 15.8 Å². The van der Waals surface area contributed by atoms with Crippen molar-refractivity contribution in [3.05, 3.63) is 29.6 Å². The first-order valence-electron chi connectivity index (χ1n) is 6.13. The molecule has 92 valence electrons. The fourth-order valence-corrected chi connectivity index (χ4v) is 2.88. The highest BCUT2D eigenvalue weighted by Crippen LogP contribution is 2.42. The van der Waals surface area contributed by atoms with Crippen LogP contribution in [0.4, 0.5) is 4.39 Å². The molecule has 1 unspecified atom stereocenters. The van der Waals surface area contributed by atoms with Gasteiger partial charge in [-0.05, 0) is 32.0 Å². The van der Waals surface area contributed by atoms with E-state index in [9.17, 15) is 4.39 Å². The van der Waals surface area contributed by atoms with Crippen LogP contribution in [-0.2, 0) is 0 Å². The Morgan fingerprint density at radius 2 is 2.12 bits per heavy atom. The highest BCUT2D eigenvalue weighted by molar-refractivity contribution is 5.39. The summed E-state index contributed by atoms with van der Waals surface area (Å²) < 4.78 is 19.3. The molecule has 3 N–H and O–H groups in total. The van der Waals surface area contributed by atoms with Gasteiger partial charge in [0.2, 0.25) is 0 Å². The van der Waals surface area contributed by atoms with Crippen molar-refractivity contribution < 1.29 is 9.13 Å². The first kappa shape index (κ1) is 11.0. The molecule has 1 aromatic carbocycles. The molecular formula is C13H17FN2O. The fourth-order valence-electron chi connectivity index (χ4n) is 2.88. The van der Waals surface area contributed by atoms with E-state index in [1.165, 1.54) is 12.1 Å². The lowest BCUT2D eigenvalue weighted by Crippen LogP contribution is -2.50. The normalized spacial score (nSPS) is 26.4. The Bertz CT molecular complexity index is 429. The molecule has 1 spiro atoms. The molecule has 0 amide bonds. The molecule has 0 saturated carbocycles. The van der Waals surface area contributed by atoms with Crippen molar-refractivity contribution in [2.75, 3.05) is 13.1 Å². The summed E-state index contributed by atoms with van der Waals surface area (Å²) in [5.74, 6) is 0.368. The lowest BCUT2D eigenvalue weighted by molar-refractivity contribution is 0.00763. The average molecular weight is 236 g/mol. The number of ether oxygens (including phenoxy) is 1. The third kappa shape index (κ3) is 1.91. The maximum absolute atomic E-state index is 13.2. The Morgan fingerprint density at radius 3 is 2.88 bits per heavy atom. The SMILES string of the molecule is NC1CC2(CCNCC2)Oc2cc(F)ccc21. The predicted octanol–water partition coefficient (Wildman–Crippen LogP) is 1.73. The molecule has 3 nitrogen and oxygen atoms in total. The van der Waals surface area contributed by atoms with E-state index in [1.54, 1.807) is 6.07 Å². The van der Waals surface area contributed by atoms with Gasteiger partial charge in [0.1, 0.15) is 17.2 Å². The Kier molecular flexibility index (Phi) is 2.56. The van der Waals surface area contributed by atoms with Crippen LogP contribution >= 0.6 is 0 Å². The molecule has 0 aliphatic carbocycles. The molecule has 2 aliphatic heterocycles. The molecule has 1 aromatic rings. The molecule has 4 heteroatoms. The summed E-state index contributed by atoms with van der Waals surface area (Å²) in [6, 6.07) is 4.60. The van der Waals surface area contributed by atoms with Crippen LogP contribution < -0.4 is 15.8 Å². The number of halogens is 1. The van der Waals surface area contributed by atoms with Crippen molar-refractivity contribution in [2.24, 2.45) is 5.73 Å². The molecule has 2 aliphatic rings. The van der Waals surface area contributed by atoms with Gasteiger partial charge in [-0.15, -0.1) is 0 Å². The van der Waals surface area contributed by atoms with Crippen LogP contribution in [0.5, 0.6) is 5.75 Å². The average Bonchev–Trinajstić information content (AvgIpc) is 2.29. The van der Waals surface area contributed by atoms with E-state index in [0.29, 0.717) is 5.75 Å². The van der Waals surface area contributed by atoms with Crippen LogP contribution in [0, 0.1) is 5.82 Å². The van der Waals surface area contributed by atoms with Crippen molar-refractivity contribution in [1.82, 2.24) is 5.32 Å². The number of nitrogens with two attached hydrogens (primary N) is 1. The van der Waals surface area contributed by atoms with Crippen LogP contribution in [-0.4, -0.2) is 18.7 Å². The molecule has 17 heavy (non-hydrogen) atoms. The monoisotopic (exact) mass is 236 g/mol. The second-order valence-electron chi connectivity index (χ2n) is 5.03. The highest BCUT2D eigenvalue weighted by atomic mass is 19.1. The number of piperidine rings is 1. The van der Waals surface area contributed by atoms with Crippen molar-refractivity contribution >= 4 is 0 Å². The Hall–Kier alpha value is -1.13. The van der Waals surface area contributed by atoms with E-state index < -0.39 is 0 Å². The highest BCUT2D eigenvalue weighted by Gasteiger charge is 2.40. The molecule has 0 radical (unpaired) electrons. The van der Waals surface area contributed by atoms with Gasteiger partial charge >= 0.3 is 0 Å². The van der Waals surface area contributed by atoms with Crippen LogP contribution in [0.15, 0.2) is 18.2 Å². The standard InChI is InChI=1S/C13H17FN2O/c14-9-1-2-10-11(15)8-13(17-12(10)7-9)3-5-16-6-4-13/h1-2,7,11,16H,3-6,8,15H2. The van der Waals surface area contributed by atoms with E-state index >= 15 is 0 Å². The molecule has 1 atom stereocenters. The zero-order chi connectivity index (χ0) is 11.9. The van der Waals surface area contributed by atoms with Gasteiger partial charge in [-0.3, -0.25) is 0 Å². The van der Waals surface area contributed by atoms with Crippen LogP contribution in [0.2, 0.25) is 0 Å². The molecule has 3 rings (SSSR count). The zero-order valence-electron chi connectivity index (χ0n) is 9.71. The van der Waals surface area contributed by atoms with Crippen molar-refractivity contribution in [1.29, 1.82) is 0 Å². The number of benzene rings is 1. The molecule has 1 fully saturated rings. The second-order valence-corrected chi connectivity index (χ2v) is 5.03. The number of rotatable bonds is 0. The van der Waals surface area contributed by atoms with E-state index in [-0.39, 0.29) is 17.5 Å². The summed E-state index contributed by atoms with van der Waals surface area (Å²) in [4.78, 5) is 0. The van der Waals surface area contributed by atoms with Gasteiger partial charge in [-0.1, -0.05) is 6.07 Å². The van der Waals surface area contributed by atoms with Crippen molar-refractivity contribution in [2.45, 2.75) is 30.9 Å². The minimum atomic E-state index is -0.262. The Labute approximate surface area is 100 Å². The largest absolute Gasteiger partial charge is 0.487 e. The van der Waals surface area contributed by atoms with E-state index in [1.807, 2.05) is 0 Å². The third-order valence-electron chi connectivity index (χ3n) is 3.81. The summed E-state index contributed by atoms with van der Waals surface area (Å²) in [5, 5.41) is 3.31. The second kappa shape index (κ2) is 3.96. The summed E-state index contributed by atoms with van der Waals surface area (Å²) >= 11 is 0. The quantitative estimate of drug-likeness (QED) is 0.721. The fraction of sp³-hybridized carbons (Fsp3) is 0.538. The minimum absolute atomic E-state index is 0.0440. The maximum Gasteiger partial charge on any atom is 0.127 e. The minimum Gasteiger partial charge on any atom is -0.487 e. The van der Waals surface area contributed by atoms with E-state index in [0.717, 1.165) is 37.9 Å².